The van der Waals surface area contributed by atoms with Gasteiger partial charge in [-0.25, -0.2) is 27.9 Å². The fourth-order valence-electron chi connectivity index (χ4n) is 5.19. The zero-order chi connectivity index (χ0) is 29.4. The van der Waals surface area contributed by atoms with Gasteiger partial charge in [-0.05, 0) is 48.7 Å². The Balaban J connectivity index is 1.19. The largest absolute Gasteiger partial charge is 0.478 e. The topological polar surface area (TPSA) is 92.5 Å². The molecule has 0 saturated carbocycles. The van der Waals surface area contributed by atoms with Gasteiger partial charge in [-0.15, -0.1) is 0 Å². The SMILES string of the molecule is O=C(O)c1ccc2nc(CN3CC=C(c4nc(NCc5ccc(Cl)cc5F)c(F)cc4F)CC3)n(CC3CCO3)c2c1. The lowest BCUT2D eigenvalue weighted by atomic mass is 10.0. The van der Waals surface area contributed by atoms with Crippen molar-refractivity contribution in [3.63, 3.8) is 0 Å². The predicted octanol–water partition coefficient (Wildman–Crippen LogP) is 5.89. The van der Waals surface area contributed by atoms with Crippen molar-refractivity contribution in [1.29, 1.82) is 0 Å². The van der Waals surface area contributed by atoms with E-state index in [0.717, 1.165) is 23.8 Å². The van der Waals surface area contributed by atoms with Gasteiger partial charge in [0.1, 0.15) is 17.3 Å². The molecule has 2 aromatic heterocycles. The van der Waals surface area contributed by atoms with Crippen molar-refractivity contribution < 1.29 is 27.8 Å². The fraction of sp³-hybridized carbons (Fsp3) is 0.300. The molecule has 0 amide bonds. The molecular weight excluding hydrogens is 571 g/mol. The van der Waals surface area contributed by atoms with Crippen LogP contribution in [0.3, 0.4) is 0 Å². The van der Waals surface area contributed by atoms with E-state index in [4.69, 9.17) is 21.3 Å². The molecule has 2 aliphatic heterocycles. The first-order chi connectivity index (χ1) is 20.2. The summed E-state index contributed by atoms with van der Waals surface area (Å²) < 4.78 is 51.2. The molecule has 0 radical (unpaired) electrons. The molecule has 1 saturated heterocycles. The highest BCUT2D eigenvalue weighted by atomic mass is 35.5. The van der Waals surface area contributed by atoms with Crippen molar-refractivity contribution in [2.45, 2.75) is 38.6 Å². The Morgan fingerprint density at radius 1 is 1.10 bits per heavy atom. The van der Waals surface area contributed by atoms with Gasteiger partial charge >= 0.3 is 5.97 Å². The normalized spacial score (nSPS) is 17.2. The summed E-state index contributed by atoms with van der Waals surface area (Å²) in [6.45, 7) is 2.78. The second-order valence-corrected chi connectivity index (χ2v) is 10.8. The molecule has 0 spiro atoms. The Hall–Kier alpha value is -3.93. The average molecular weight is 598 g/mol. The highest BCUT2D eigenvalue weighted by Gasteiger charge is 2.25. The minimum absolute atomic E-state index is 0.0469. The van der Waals surface area contributed by atoms with Crippen molar-refractivity contribution in [3.8, 4) is 0 Å². The second-order valence-electron chi connectivity index (χ2n) is 10.4. The molecule has 2 aliphatic rings. The van der Waals surface area contributed by atoms with E-state index in [9.17, 15) is 23.1 Å². The number of nitrogens with one attached hydrogen (secondary N) is 1. The van der Waals surface area contributed by atoms with Crippen LogP contribution in [0.15, 0.2) is 48.5 Å². The number of imidazole rings is 1. The maximum atomic E-state index is 14.8. The summed E-state index contributed by atoms with van der Waals surface area (Å²) in [6.07, 6.45) is 3.31. The lowest BCUT2D eigenvalue weighted by Crippen LogP contribution is -2.33. The average Bonchev–Trinajstić information content (AvgIpc) is 3.27. The summed E-state index contributed by atoms with van der Waals surface area (Å²) >= 11 is 5.80. The van der Waals surface area contributed by atoms with Crippen molar-refractivity contribution in [1.82, 2.24) is 19.4 Å². The summed E-state index contributed by atoms with van der Waals surface area (Å²) in [6, 6.07) is 9.86. The number of aromatic carboxylic acids is 1. The first-order valence-corrected chi connectivity index (χ1v) is 13.9. The number of pyridine rings is 1. The number of hydrogen-bond donors (Lipinski definition) is 2. The molecule has 0 bridgehead atoms. The molecule has 1 fully saturated rings. The lowest BCUT2D eigenvalue weighted by Gasteiger charge is -2.29. The van der Waals surface area contributed by atoms with E-state index in [1.165, 1.54) is 18.2 Å². The Morgan fingerprint density at radius 3 is 2.62 bits per heavy atom. The van der Waals surface area contributed by atoms with Gasteiger partial charge in [0.05, 0.1) is 35.8 Å². The molecule has 4 aromatic rings. The number of ether oxygens (including phenoxy) is 1. The van der Waals surface area contributed by atoms with Gasteiger partial charge in [0.15, 0.2) is 17.5 Å². The number of rotatable bonds is 9. The van der Waals surface area contributed by atoms with Crippen molar-refractivity contribution in [3.05, 3.63) is 93.7 Å². The first kappa shape index (κ1) is 28.2. The van der Waals surface area contributed by atoms with E-state index < -0.39 is 23.4 Å². The third kappa shape index (κ3) is 5.85. The van der Waals surface area contributed by atoms with Crippen molar-refractivity contribution in [2.24, 2.45) is 0 Å². The molecule has 1 unspecified atom stereocenters. The van der Waals surface area contributed by atoms with E-state index in [2.05, 4.69) is 15.2 Å². The van der Waals surface area contributed by atoms with Crippen LogP contribution in [0.2, 0.25) is 5.02 Å². The summed E-state index contributed by atoms with van der Waals surface area (Å²) in [5.41, 5.74) is 2.60. The van der Waals surface area contributed by atoms with Crippen LogP contribution in [-0.2, 0) is 24.4 Å². The van der Waals surface area contributed by atoms with E-state index in [1.54, 1.807) is 18.2 Å². The maximum Gasteiger partial charge on any atom is 0.335 e. The zero-order valence-electron chi connectivity index (χ0n) is 22.4. The van der Waals surface area contributed by atoms with Crippen molar-refractivity contribution >= 4 is 40.0 Å². The molecule has 1 atom stereocenters. The minimum Gasteiger partial charge on any atom is -0.478 e. The summed E-state index contributed by atoms with van der Waals surface area (Å²) in [5.74, 6) is -2.57. The van der Waals surface area contributed by atoms with Gasteiger partial charge in [-0.3, -0.25) is 4.90 Å². The number of halogens is 4. The van der Waals surface area contributed by atoms with E-state index in [-0.39, 0.29) is 40.3 Å². The third-order valence-corrected chi connectivity index (χ3v) is 7.84. The van der Waals surface area contributed by atoms with Gasteiger partial charge in [0, 0.05) is 42.9 Å². The van der Waals surface area contributed by atoms with Crippen LogP contribution in [-0.4, -0.2) is 56.3 Å². The quantitative estimate of drug-likeness (QED) is 0.249. The molecular formula is C30H27ClF3N5O3. The molecule has 2 N–H and O–H groups in total. The molecule has 8 nitrogen and oxygen atoms in total. The summed E-state index contributed by atoms with van der Waals surface area (Å²) in [4.78, 5) is 22.7. The number of anilines is 1. The Bertz CT molecular complexity index is 1710. The maximum absolute atomic E-state index is 14.8. The number of aromatic nitrogens is 3. The Labute approximate surface area is 244 Å². The van der Waals surface area contributed by atoms with Gasteiger partial charge in [-0.1, -0.05) is 23.7 Å². The van der Waals surface area contributed by atoms with Gasteiger partial charge in [0.2, 0.25) is 0 Å². The molecule has 12 heteroatoms. The number of hydrogen-bond acceptors (Lipinski definition) is 6. The lowest BCUT2D eigenvalue weighted by molar-refractivity contribution is -0.0591. The Kier molecular flexibility index (Phi) is 7.89. The van der Waals surface area contributed by atoms with Crippen LogP contribution < -0.4 is 5.32 Å². The number of carbonyl (C=O) groups is 1. The number of nitrogens with zero attached hydrogens (tertiary/aromatic N) is 4. The highest BCUT2D eigenvalue weighted by molar-refractivity contribution is 6.30. The predicted molar refractivity (Wildman–Crippen MR) is 152 cm³/mol. The van der Waals surface area contributed by atoms with Crippen LogP contribution in [0, 0.1) is 17.5 Å². The standard InChI is InChI=1S/C30H27ClF3N5O3/c31-20-3-1-19(22(32)12-20)14-35-29-24(34)13-23(33)28(37-29)17-5-8-38(9-6-17)16-27-36-25-4-2-18(30(40)41)11-26(25)39(27)15-21-7-10-42-21/h1-5,11-13,21H,6-10,14-16H2,(H,35,37)(H,40,41). The monoisotopic (exact) mass is 597 g/mol. The fourth-order valence-corrected chi connectivity index (χ4v) is 5.35. The summed E-state index contributed by atoms with van der Waals surface area (Å²) in [5, 5.41) is 12.5. The van der Waals surface area contributed by atoms with E-state index in [0.29, 0.717) is 50.3 Å². The smallest absolute Gasteiger partial charge is 0.335 e. The van der Waals surface area contributed by atoms with Crippen LogP contribution in [0.4, 0.5) is 19.0 Å². The number of fused-ring (bicyclic) bond motifs is 1. The molecule has 218 valence electrons. The highest BCUT2D eigenvalue weighted by Crippen LogP contribution is 2.28. The van der Waals surface area contributed by atoms with E-state index in [1.807, 2.05) is 10.6 Å². The number of benzene rings is 2. The minimum atomic E-state index is -1.00. The number of carboxylic acid groups (broad SMARTS) is 1. The molecule has 0 aliphatic carbocycles. The van der Waals surface area contributed by atoms with Gasteiger partial charge in [-0.2, -0.15) is 0 Å². The zero-order valence-corrected chi connectivity index (χ0v) is 23.2. The third-order valence-electron chi connectivity index (χ3n) is 7.61. The molecule has 2 aromatic carbocycles. The van der Waals surface area contributed by atoms with Crippen LogP contribution >= 0.6 is 11.6 Å². The molecule has 4 heterocycles. The summed E-state index contributed by atoms with van der Waals surface area (Å²) in [7, 11) is 0. The van der Waals surface area contributed by atoms with Crippen LogP contribution in [0.25, 0.3) is 16.6 Å². The van der Waals surface area contributed by atoms with Crippen LogP contribution in [0.1, 0.15) is 40.3 Å². The first-order valence-electron chi connectivity index (χ1n) is 13.5. The molecule has 42 heavy (non-hydrogen) atoms. The molecule has 6 rings (SSSR count). The van der Waals surface area contributed by atoms with Gasteiger partial charge in [0.25, 0.3) is 0 Å². The second kappa shape index (κ2) is 11.7. The van der Waals surface area contributed by atoms with Gasteiger partial charge < -0.3 is 19.7 Å². The number of carboxylic acids is 1. The Morgan fingerprint density at radius 2 is 1.93 bits per heavy atom. The van der Waals surface area contributed by atoms with Crippen molar-refractivity contribution in [2.75, 3.05) is 25.0 Å². The van der Waals surface area contributed by atoms with Crippen LogP contribution in [0.5, 0.6) is 0 Å². The van der Waals surface area contributed by atoms with E-state index >= 15 is 0 Å².